The van der Waals surface area contributed by atoms with Crippen LogP contribution in [0.1, 0.15) is 27.4 Å². The van der Waals surface area contributed by atoms with Gasteiger partial charge in [-0.3, -0.25) is 14.5 Å². The van der Waals surface area contributed by atoms with Gasteiger partial charge >= 0.3 is 0 Å². The zero-order valence-electron chi connectivity index (χ0n) is 20.3. The van der Waals surface area contributed by atoms with E-state index in [1.165, 1.54) is 0 Å². The third-order valence-electron chi connectivity index (χ3n) is 6.12. The standard InChI is InChI=1S/C26H28N6O4/c1-18-5-4-8-32-15-21(27-25(18)32)17-35-22-7-3-6-20(14-22)26(34)31-11-9-30(10-12-31)16-24(33)28-23-13-19(2)36-29-23/h3-8,13-15H,9-12,16-17H2,1-2H3,(H,28,29,33). The van der Waals surface area contributed by atoms with Gasteiger partial charge in [-0.15, -0.1) is 0 Å². The summed E-state index contributed by atoms with van der Waals surface area (Å²) in [7, 11) is 0. The Morgan fingerprint density at radius 2 is 1.92 bits per heavy atom. The van der Waals surface area contributed by atoms with E-state index >= 15 is 0 Å². The molecule has 186 valence electrons. The number of nitrogens with one attached hydrogen (secondary N) is 1. The second-order valence-corrected chi connectivity index (χ2v) is 8.91. The van der Waals surface area contributed by atoms with Crippen LogP contribution in [0.15, 0.2) is 59.4 Å². The summed E-state index contributed by atoms with van der Waals surface area (Å²) in [6.07, 6.45) is 3.91. The van der Waals surface area contributed by atoms with Crippen molar-refractivity contribution in [2.24, 2.45) is 0 Å². The maximum absolute atomic E-state index is 13.1. The molecule has 0 atom stereocenters. The highest BCUT2D eigenvalue weighted by molar-refractivity contribution is 5.95. The van der Waals surface area contributed by atoms with Gasteiger partial charge in [0, 0.05) is 50.2 Å². The molecule has 2 amide bonds. The lowest BCUT2D eigenvalue weighted by atomic mass is 10.1. The molecule has 1 aliphatic rings. The van der Waals surface area contributed by atoms with Crippen molar-refractivity contribution in [2.75, 3.05) is 38.0 Å². The van der Waals surface area contributed by atoms with E-state index in [-0.39, 0.29) is 18.4 Å². The molecule has 0 aliphatic carbocycles. The average Bonchev–Trinajstić information content (AvgIpc) is 3.49. The van der Waals surface area contributed by atoms with Gasteiger partial charge in [0.15, 0.2) is 5.82 Å². The van der Waals surface area contributed by atoms with Crippen molar-refractivity contribution in [3.05, 3.63) is 77.4 Å². The zero-order valence-corrected chi connectivity index (χ0v) is 20.3. The summed E-state index contributed by atoms with van der Waals surface area (Å²) in [6.45, 7) is 6.65. The van der Waals surface area contributed by atoms with Crippen LogP contribution >= 0.6 is 0 Å². The Balaban J connectivity index is 1.13. The van der Waals surface area contributed by atoms with Gasteiger partial charge in [-0.2, -0.15) is 0 Å². The fraction of sp³-hybridized carbons (Fsp3) is 0.308. The lowest BCUT2D eigenvalue weighted by Crippen LogP contribution is -2.50. The lowest BCUT2D eigenvalue weighted by Gasteiger charge is -2.34. The normalized spacial score (nSPS) is 14.2. The van der Waals surface area contributed by atoms with E-state index < -0.39 is 0 Å². The minimum atomic E-state index is -0.159. The number of benzene rings is 1. The summed E-state index contributed by atoms with van der Waals surface area (Å²) < 4.78 is 12.9. The monoisotopic (exact) mass is 488 g/mol. The van der Waals surface area contributed by atoms with E-state index in [0.717, 1.165) is 16.9 Å². The van der Waals surface area contributed by atoms with Gasteiger partial charge in [0.1, 0.15) is 23.8 Å². The minimum Gasteiger partial charge on any atom is -0.487 e. The highest BCUT2D eigenvalue weighted by atomic mass is 16.5. The molecule has 1 aliphatic heterocycles. The highest BCUT2D eigenvalue weighted by Crippen LogP contribution is 2.18. The van der Waals surface area contributed by atoms with Crippen LogP contribution in [-0.4, -0.2) is 68.9 Å². The topological polar surface area (TPSA) is 105 Å². The summed E-state index contributed by atoms with van der Waals surface area (Å²) in [5.74, 6) is 1.45. The Hall–Kier alpha value is -4.18. The molecule has 0 spiro atoms. The number of ether oxygens (including phenoxy) is 1. The van der Waals surface area contributed by atoms with Gasteiger partial charge in [-0.05, 0) is 43.7 Å². The Morgan fingerprint density at radius 3 is 2.67 bits per heavy atom. The first-order chi connectivity index (χ1) is 17.4. The van der Waals surface area contributed by atoms with Crippen molar-refractivity contribution < 1.29 is 18.8 Å². The van der Waals surface area contributed by atoms with Crippen LogP contribution in [0, 0.1) is 13.8 Å². The molecular formula is C26H28N6O4. The van der Waals surface area contributed by atoms with Crippen molar-refractivity contribution in [1.29, 1.82) is 0 Å². The number of rotatable bonds is 7. The highest BCUT2D eigenvalue weighted by Gasteiger charge is 2.24. The largest absolute Gasteiger partial charge is 0.487 e. The number of hydrogen-bond acceptors (Lipinski definition) is 7. The van der Waals surface area contributed by atoms with Gasteiger partial charge in [0.2, 0.25) is 5.91 Å². The molecule has 0 bridgehead atoms. The third-order valence-corrected chi connectivity index (χ3v) is 6.12. The quantitative estimate of drug-likeness (QED) is 0.426. The molecule has 0 radical (unpaired) electrons. The summed E-state index contributed by atoms with van der Waals surface area (Å²) >= 11 is 0. The predicted octanol–water partition coefficient (Wildman–Crippen LogP) is 2.91. The maximum atomic E-state index is 13.1. The first kappa shape index (κ1) is 23.6. The van der Waals surface area contributed by atoms with Crippen LogP contribution < -0.4 is 10.1 Å². The predicted molar refractivity (Wildman–Crippen MR) is 133 cm³/mol. The number of piperazine rings is 1. The van der Waals surface area contributed by atoms with E-state index in [9.17, 15) is 9.59 Å². The van der Waals surface area contributed by atoms with Crippen molar-refractivity contribution in [3.8, 4) is 5.75 Å². The number of nitrogens with zero attached hydrogens (tertiary/aromatic N) is 5. The van der Waals surface area contributed by atoms with Crippen LogP contribution in [0.25, 0.3) is 5.65 Å². The molecule has 1 fully saturated rings. The maximum Gasteiger partial charge on any atom is 0.254 e. The number of anilines is 1. The smallest absolute Gasteiger partial charge is 0.254 e. The van der Waals surface area contributed by atoms with Gasteiger partial charge in [-0.1, -0.05) is 17.3 Å². The number of aryl methyl sites for hydroxylation is 2. The Morgan fingerprint density at radius 1 is 1.08 bits per heavy atom. The second kappa shape index (κ2) is 10.2. The third kappa shape index (κ3) is 5.38. The minimum absolute atomic E-state index is 0.0500. The molecule has 0 saturated carbocycles. The molecule has 10 heteroatoms. The number of pyridine rings is 1. The number of fused-ring (bicyclic) bond motifs is 1. The first-order valence-corrected chi connectivity index (χ1v) is 11.9. The molecule has 4 aromatic rings. The van der Waals surface area contributed by atoms with Crippen molar-refractivity contribution in [1.82, 2.24) is 24.3 Å². The van der Waals surface area contributed by atoms with Crippen LogP contribution in [0.4, 0.5) is 5.82 Å². The van der Waals surface area contributed by atoms with E-state index in [4.69, 9.17) is 9.26 Å². The van der Waals surface area contributed by atoms with Crippen molar-refractivity contribution in [3.63, 3.8) is 0 Å². The van der Waals surface area contributed by atoms with Crippen LogP contribution in [0.3, 0.4) is 0 Å². The van der Waals surface area contributed by atoms with Gasteiger partial charge in [0.05, 0.1) is 12.2 Å². The van der Waals surface area contributed by atoms with Crippen LogP contribution in [0.5, 0.6) is 5.75 Å². The molecule has 4 heterocycles. The molecule has 36 heavy (non-hydrogen) atoms. The van der Waals surface area contributed by atoms with Crippen molar-refractivity contribution in [2.45, 2.75) is 20.5 Å². The fourth-order valence-corrected chi connectivity index (χ4v) is 4.25. The molecule has 1 aromatic carbocycles. The first-order valence-electron chi connectivity index (χ1n) is 11.9. The number of imidazole rings is 1. The molecule has 10 nitrogen and oxygen atoms in total. The molecule has 0 unspecified atom stereocenters. The van der Waals surface area contributed by atoms with Gasteiger partial charge in [-0.25, -0.2) is 4.98 Å². The molecule has 1 N–H and O–H groups in total. The molecule has 3 aromatic heterocycles. The number of hydrogen-bond donors (Lipinski definition) is 1. The summed E-state index contributed by atoms with van der Waals surface area (Å²) in [5.41, 5.74) is 3.40. The van der Waals surface area contributed by atoms with E-state index in [1.54, 1.807) is 30.0 Å². The summed E-state index contributed by atoms with van der Waals surface area (Å²) in [5, 5.41) is 6.50. The Bertz CT molecular complexity index is 1390. The number of carbonyl (C=O) groups excluding carboxylic acids is 2. The van der Waals surface area contributed by atoms with E-state index in [1.807, 2.05) is 52.9 Å². The second-order valence-electron chi connectivity index (χ2n) is 8.91. The number of amides is 2. The van der Waals surface area contributed by atoms with E-state index in [0.29, 0.717) is 55.7 Å². The Kier molecular flexibility index (Phi) is 6.68. The molecule has 5 rings (SSSR count). The summed E-state index contributed by atoms with van der Waals surface area (Å²) in [4.78, 5) is 33.8. The number of carbonyl (C=O) groups is 2. The molecular weight excluding hydrogens is 460 g/mol. The number of aromatic nitrogens is 3. The van der Waals surface area contributed by atoms with E-state index in [2.05, 4.69) is 15.5 Å². The zero-order chi connectivity index (χ0) is 25.1. The SMILES string of the molecule is Cc1cc(NC(=O)CN2CCN(C(=O)c3cccc(OCc4cn5cccc(C)c5n4)c3)CC2)no1. The van der Waals surface area contributed by atoms with Gasteiger partial charge in [0.25, 0.3) is 5.91 Å². The summed E-state index contributed by atoms with van der Waals surface area (Å²) in [6, 6.07) is 12.9. The Labute approximate surface area is 208 Å². The average molecular weight is 489 g/mol. The fourth-order valence-electron chi connectivity index (χ4n) is 4.25. The molecule has 1 saturated heterocycles. The van der Waals surface area contributed by atoms with Crippen LogP contribution in [0.2, 0.25) is 0 Å². The lowest BCUT2D eigenvalue weighted by molar-refractivity contribution is -0.117. The van der Waals surface area contributed by atoms with Crippen LogP contribution in [-0.2, 0) is 11.4 Å². The van der Waals surface area contributed by atoms with Crippen molar-refractivity contribution >= 4 is 23.3 Å². The van der Waals surface area contributed by atoms with Gasteiger partial charge < -0.3 is 23.9 Å².